The van der Waals surface area contributed by atoms with Gasteiger partial charge < -0.3 is 10.0 Å². The van der Waals surface area contributed by atoms with Gasteiger partial charge in [0.25, 0.3) is 0 Å². The van der Waals surface area contributed by atoms with Crippen molar-refractivity contribution in [1.29, 1.82) is 0 Å². The van der Waals surface area contributed by atoms with Crippen LogP contribution in [0.4, 0.5) is 5.69 Å². The van der Waals surface area contributed by atoms with Gasteiger partial charge in [0.2, 0.25) is 10.0 Å². The second-order valence-electron chi connectivity index (χ2n) is 5.72. The van der Waals surface area contributed by atoms with Gasteiger partial charge in [-0.15, -0.1) is 0 Å². The van der Waals surface area contributed by atoms with Crippen LogP contribution in [0.2, 0.25) is 5.02 Å². The van der Waals surface area contributed by atoms with Gasteiger partial charge in [0, 0.05) is 31.4 Å². The van der Waals surface area contributed by atoms with Gasteiger partial charge in [-0.05, 0) is 42.3 Å². The molecule has 1 unspecified atom stereocenters. The van der Waals surface area contributed by atoms with Gasteiger partial charge in [-0.25, -0.2) is 13.1 Å². The zero-order valence-electron chi connectivity index (χ0n) is 13.8. The molecule has 2 aromatic rings. The van der Waals surface area contributed by atoms with Crippen LogP contribution in [0.15, 0.2) is 47.4 Å². The van der Waals surface area contributed by atoms with E-state index in [2.05, 4.69) is 4.72 Å². The summed E-state index contributed by atoms with van der Waals surface area (Å²) in [6.45, 7) is 1.53. The number of hydrogen-bond acceptors (Lipinski definition) is 4. The van der Waals surface area contributed by atoms with E-state index < -0.39 is 16.1 Å². The summed E-state index contributed by atoms with van der Waals surface area (Å²) < 4.78 is 27.2. The maximum Gasteiger partial charge on any atom is 0.240 e. The summed E-state index contributed by atoms with van der Waals surface area (Å²) in [6, 6.07) is 12.0. The lowest BCUT2D eigenvalue weighted by Crippen LogP contribution is -2.29. The van der Waals surface area contributed by atoms with Gasteiger partial charge in [-0.3, -0.25) is 0 Å². The number of anilines is 1. The van der Waals surface area contributed by atoms with Crippen molar-refractivity contribution in [2.75, 3.05) is 25.5 Å². The fourth-order valence-electron chi connectivity index (χ4n) is 2.26. The lowest BCUT2D eigenvalue weighted by molar-refractivity contribution is 0.182. The first-order chi connectivity index (χ1) is 11.2. The molecule has 0 aliphatic carbocycles. The number of rotatable bonds is 6. The molecule has 7 heteroatoms. The fourth-order valence-corrected chi connectivity index (χ4v) is 3.79. The highest BCUT2D eigenvalue weighted by molar-refractivity contribution is 7.89. The summed E-state index contributed by atoms with van der Waals surface area (Å²) in [6.07, 6.45) is -0.935. The van der Waals surface area contributed by atoms with Gasteiger partial charge in [0.15, 0.2) is 0 Å². The Morgan fingerprint density at radius 2 is 1.79 bits per heavy atom. The number of hydrogen-bond donors (Lipinski definition) is 2. The Kier molecular flexibility index (Phi) is 5.87. The topological polar surface area (TPSA) is 69.6 Å². The van der Waals surface area contributed by atoms with Gasteiger partial charge in [-0.1, -0.05) is 29.8 Å². The second kappa shape index (κ2) is 7.53. The van der Waals surface area contributed by atoms with E-state index in [9.17, 15) is 13.5 Å². The first-order valence-electron chi connectivity index (χ1n) is 7.42. The molecule has 0 fully saturated rings. The molecule has 0 saturated carbocycles. The lowest BCUT2D eigenvalue weighted by Gasteiger charge is -2.16. The van der Waals surface area contributed by atoms with E-state index >= 15 is 0 Å². The molecule has 0 aliphatic heterocycles. The van der Waals surface area contributed by atoms with Gasteiger partial charge >= 0.3 is 0 Å². The lowest BCUT2D eigenvalue weighted by atomic mass is 10.1. The summed E-state index contributed by atoms with van der Waals surface area (Å²) in [4.78, 5) is 2.06. The van der Waals surface area contributed by atoms with Gasteiger partial charge in [0.05, 0.1) is 11.0 Å². The summed E-state index contributed by atoms with van der Waals surface area (Å²) in [5, 5.41) is 10.6. The minimum absolute atomic E-state index is 0.115. The highest BCUT2D eigenvalue weighted by Gasteiger charge is 2.19. The predicted octanol–water partition coefficient (Wildman–Crippen LogP) is 2.73. The van der Waals surface area contributed by atoms with Crippen molar-refractivity contribution in [2.24, 2.45) is 0 Å². The SMILES string of the molecule is Cc1c(Cl)cccc1S(=O)(=O)NCC(O)c1ccc(N(C)C)cc1. The number of aliphatic hydroxyl groups is 1. The van der Waals surface area contributed by atoms with Crippen LogP contribution >= 0.6 is 11.6 Å². The van der Waals surface area contributed by atoms with Crippen LogP contribution in [0.25, 0.3) is 0 Å². The van der Waals surface area contributed by atoms with E-state index in [-0.39, 0.29) is 11.4 Å². The maximum atomic E-state index is 12.4. The number of nitrogens with one attached hydrogen (secondary N) is 1. The van der Waals surface area contributed by atoms with Crippen molar-refractivity contribution in [2.45, 2.75) is 17.9 Å². The third-order valence-corrected chi connectivity index (χ3v) is 5.75. The summed E-state index contributed by atoms with van der Waals surface area (Å²) in [5.74, 6) is 0. The molecule has 5 nitrogen and oxygen atoms in total. The van der Waals surface area contributed by atoms with Gasteiger partial charge in [-0.2, -0.15) is 0 Å². The van der Waals surface area contributed by atoms with Crippen LogP contribution < -0.4 is 9.62 Å². The van der Waals surface area contributed by atoms with Crippen LogP contribution in [0.5, 0.6) is 0 Å². The number of nitrogens with zero attached hydrogens (tertiary/aromatic N) is 1. The monoisotopic (exact) mass is 368 g/mol. The molecule has 0 aliphatic rings. The van der Waals surface area contributed by atoms with E-state index in [0.29, 0.717) is 16.1 Å². The van der Waals surface area contributed by atoms with E-state index in [1.807, 2.05) is 31.1 Å². The molecule has 130 valence electrons. The van der Waals surface area contributed by atoms with Crippen LogP contribution in [-0.4, -0.2) is 34.2 Å². The number of halogens is 1. The minimum atomic E-state index is -3.74. The first kappa shape index (κ1) is 18.7. The van der Waals surface area contributed by atoms with E-state index in [4.69, 9.17) is 11.6 Å². The molecule has 0 spiro atoms. The van der Waals surface area contributed by atoms with Crippen LogP contribution in [0.1, 0.15) is 17.2 Å². The summed E-state index contributed by atoms with van der Waals surface area (Å²) in [7, 11) is 0.106. The van der Waals surface area contributed by atoms with Crippen molar-refractivity contribution in [3.8, 4) is 0 Å². The molecule has 0 radical (unpaired) electrons. The highest BCUT2D eigenvalue weighted by Crippen LogP contribution is 2.23. The van der Waals surface area contributed by atoms with Crippen LogP contribution in [-0.2, 0) is 10.0 Å². The zero-order valence-corrected chi connectivity index (χ0v) is 15.4. The van der Waals surface area contributed by atoms with Crippen molar-refractivity contribution in [3.05, 3.63) is 58.6 Å². The van der Waals surface area contributed by atoms with Gasteiger partial charge in [0.1, 0.15) is 0 Å². The average Bonchev–Trinajstić information content (AvgIpc) is 2.55. The molecule has 0 amide bonds. The second-order valence-corrected chi connectivity index (χ2v) is 7.86. The molecular weight excluding hydrogens is 348 g/mol. The molecular formula is C17H21ClN2O3S. The zero-order chi connectivity index (χ0) is 17.9. The quantitative estimate of drug-likeness (QED) is 0.822. The fraction of sp³-hybridized carbons (Fsp3) is 0.294. The van der Waals surface area contributed by atoms with E-state index in [0.717, 1.165) is 5.69 Å². The van der Waals surface area contributed by atoms with Crippen LogP contribution in [0, 0.1) is 6.92 Å². The van der Waals surface area contributed by atoms with Crippen LogP contribution in [0.3, 0.4) is 0 Å². The third-order valence-electron chi connectivity index (χ3n) is 3.77. The molecule has 0 aromatic heterocycles. The molecule has 2 N–H and O–H groups in total. The normalized spacial score (nSPS) is 12.9. The smallest absolute Gasteiger partial charge is 0.240 e. The standard InChI is InChI=1S/C17H21ClN2O3S/c1-12-15(18)5-4-6-17(12)24(22,23)19-11-16(21)13-7-9-14(10-8-13)20(2)3/h4-10,16,19,21H,11H2,1-3H3. The summed E-state index contributed by atoms with van der Waals surface area (Å²) in [5.41, 5.74) is 2.13. The molecule has 2 aromatic carbocycles. The predicted molar refractivity (Wildman–Crippen MR) is 97.1 cm³/mol. The number of aliphatic hydroxyl groups excluding tert-OH is 1. The Labute approximate surface area is 147 Å². The van der Waals surface area contributed by atoms with Crippen molar-refractivity contribution in [1.82, 2.24) is 4.72 Å². The third kappa shape index (κ3) is 4.27. The minimum Gasteiger partial charge on any atom is -0.387 e. The molecule has 0 saturated heterocycles. The Bertz CT molecular complexity index is 805. The maximum absolute atomic E-state index is 12.4. The average molecular weight is 369 g/mol. The Balaban J connectivity index is 2.10. The molecule has 24 heavy (non-hydrogen) atoms. The number of sulfonamides is 1. The number of benzene rings is 2. The Morgan fingerprint density at radius 1 is 1.17 bits per heavy atom. The molecule has 0 heterocycles. The Morgan fingerprint density at radius 3 is 2.38 bits per heavy atom. The van der Waals surface area contributed by atoms with E-state index in [1.165, 1.54) is 6.07 Å². The van der Waals surface area contributed by atoms with Crippen molar-refractivity contribution in [3.63, 3.8) is 0 Å². The summed E-state index contributed by atoms with van der Waals surface area (Å²) >= 11 is 5.97. The van der Waals surface area contributed by atoms with Crippen molar-refractivity contribution < 1.29 is 13.5 Å². The molecule has 1 atom stereocenters. The molecule has 0 bridgehead atoms. The Hall–Kier alpha value is -1.60. The highest BCUT2D eigenvalue weighted by atomic mass is 35.5. The molecule has 2 rings (SSSR count). The van der Waals surface area contributed by atoms with Crippen molar-refractivity contribution >= 4 is 27.3 Å². The first-order valence-corrected chi connectivity index (χ1v) is 9.28. The van der Waals surface area contributed by atoms with E-state index in [1.54, 1.807) is 31.2 Å². The largest absolute Gasteiger partial charge is 0.387 e.